The molecule has 0 bridgehead atoms. The van der Waals surface area contributed by atoms with Gasteiger partial charge in [-0.3, -0.25) is 4.79 Å². The fourth-order valence-electron chi connectivity index (χ4n) is 2.16. The quantitative estimate of drug-likeness (QED) is 0.921. The highest BCUT2D eigenvalue weighted by molar-refractivity contribution is 5.92. The van der Waals surface area contributed by atoms with Crippen LogP contribution in [0, 0.1) is 5.82 Å². The summed E-state index contributed by atoms with van der Waals surface area (Å²) in [6.07, 6.45) is 1.61. The lowest BCUT2D eigenvalue weighted by atomic mass is 10.1. The number of carbonyl (C=O) groups excluding carboxylic acids is 1. The van der Waals surface area contributed by atoms with Crippen molar-refractivity contribution in [3.05, 3.63) is 48.0 Å². The first kappa shape index (κ1) is 16.2. The lowest BCUT2D eigenvalue weighted by molar-refractivity contribution is 0.0311. The normalized spacial score (nSPS) is 11.5. The Morgan fingerprint density at radius 1 is 1.41 bits per heavy atom. The van der Waals surface area contributed by atoms with Crippen molar-refractivity contribution in [3.8, 4) is 5.69 Å². The zero-order chi connectivity index (χ0) is 16.3. The molecule has 5 nitrogen and oxygen atoms in total. The highest BCUT2D eigenvalue weighted by Crippen LogP contribution is 2.12. The monoisotopic (exact) mass is 305 g/mol. The zero-order valence-corrected chi connectivity index (χ0v) is 13.0. The first-order valence-electron chi connectivity index (χ1n) is 7.13. The van der Waals surface area contributed by atoms with Gasteiger partial charge in [0.25, 0.3) is 5.91 Å². The van der Waals surface area contributed by atoms with Gasteiger partial charge in [0.15, 0.2) is 5.69 Å². The maximum Gasteiger partial charge on any atom is 0.274 e. The highest BCUT2D eigenvalue weighted by atomic mass is 19.1. The number of aliphatic hydroxyl groups is 1. The maximum absolute atomic E-state index is 13.2. The summed E-state index contributed by atoms with van der Waals surface area (Å²) in [5.41, 5.74) is -0.170. The number of hydrogen-bond donors (Lipinski definition) is 1. The third-order valence-electron chi connectivity index (χ3n) is 3.13. The van der Waals surface area contributed by atoms with E-state index >= 15 is 0 Å². The lowest BCUT2D eigenvalue weighted by Crippen LogP contribution is -2.42. The van der Waals surface area contributed by atoms with Crippen LogP contribution in [0.25, 0.3) is 5.69 Å². The minimum Gasteiger partial charge on any atom is -0.389 e. The van der Waals surface area contributed by atoms with E-state index in [2.05, 4.69) is 5.10 Å². The van der Waals surface area contributed by atoms with Crippen LogP contribution in [0.15, 0.2) is 36.5 Å². The molecule has 0 saturated heterocycles. The molecule has 0 atom stereocenters. The van der Waals surface area contributed by atoms with E-state index in [4.69, 9.17) is 0 Å². The molecular weight excluding hydrogens is 285 g/mol. The number of benzene rings is 1. The third kappa shape index (κ3) is 3.92. The first-order chi connectivity index (χ1) is 10.3. The van der Waals surface area contributed by atoms with Gasteiger partial charge in [0.05, 0.1) is 11.3 Å². The Hall–Kier alpha value is -2.21. The molecule has 1 heterocycles. The molecule has 6 heteroatoms. The molecule has 0 aliphatic carbocycles. The van der Waals surface area contributed by atoms with E-state index in [1.54, 1.807) is 38.2 Å². The van der Waals surface area contributed by atoms with Crippen molar-refractivity contribution in [3.63, 3.8) is 0 Å². The van der Waals surface area contributed by atoms with Gasteiger partial charge in [-0.15, -0.1) is 0 Å². The van der Waals surface area contributed by atoms with Gasteiger partial charge in [0.1, 0.15) is 5.82 Å². The molecule has 1 N–H and O–H groups in total. The van der Waals surface area contributed by atoms with E-state index in [1.165, 1.54) is 21.7 Å². The van der Waals surface area contributed by atoms with Crippen LogP contribution >= 0.6 is 0 Å². The fraction of sp³-hybridized carbons (Fsp3) is 0.375. The average molecular weight is 305 g/mol. The largest absolute Gasteiger partial charge is 0.389 e. The molecule has 0 fully saturated rings. The van der Waals surface area contributed by atoms with Crippen LogP contribution in [0.4, 0.5) is 4.39 Å². The zero-order valence-electron chi connectivity index (χ0n) is 13.0. The molecule has 118 valence electrons. The van der Waals surface area contributed by atoms with Crippen molar-refractivity contribution in [2.24, 2.45) is 0 Å². The molecule has 0 saturated carbocycles. The van der Waals surface area contributed by atoms with Crippen LogP contribution in [-0.4, -0.2) is 44.4 Å². The van der Waals surface area contributed by atoms with E-state index in [0.29, 0.717) is 12.2 Å². The molecule has 0 spiro atoms. The standard InChI is InChI=1S/C16H20FN3O2/c1-4-19(11-16(2,3)22)15(21)14-8-9-20(18-14)13-7-5-6-12(17)10-13/h5-10,22H,4,11H2,1-3H3. The van der Waals surface area contributed by atoms with Gasteiger partial charge >= 0.3 is 0 Å². The predicted molar refractivity (Wildman–Crippen MR) is 81.4 cm³/mol. The van der Waals surface area contributed by atoms with Gasteiger partial charge in [-0.25, -0.2) is 9.07 Å². The van der Waals surface area contributed by atoms with E-state index in [0.717, 1.165) is 0 Å². The summed E-state index contributed by atoms with van der Waals surface area (Å²) < 4.78 is 14.7. The summed E-state index contributed by atoms with van der Waals surface area (Å²) in [5.74, 6) is -0.627. The Labute approximate surface area is 129 Å². The maximum atomic E-state index is 13.2. The number of halogens is 1. The lowest BCUT2D eigenvalue weighted by Gasteiger charge is -2.27. The Bertz CT molecular complexity index is 661. The van der Waals surface area contributed by atoms with Crippen molar-refractivity contribution in [2.75, 3.05) is 13.1 Å². The number of amides is 1. The fourth-order valence-corrected chi connectivity index (χ4v) is 2.16. The number of hydrogen-bond acceptors (Lipinski definition) is 3. The number of nitrogens with zero attached hydrogens (tertiary/aromatic N) is 3. The van der Waals surface area contributed by atoms with Crippen molar-refractivity contribution in [1.29, 1.82) is 0 Å². The minimum atomic E-state index is -0.975. The second kappa shape index (κ2) is 6.27. The van der Waals surface area contributed by atoms with Gasteiger partial charge in [0, 0.05) is 19.3 Å². The summed E-state index contributed by atoms with van der Waals surface area (Å²) in [4.78, 5) is 14.0. The number of rotatable bonds is 5. The van der Waals surface area contributed by atoms with Crippen LogP contribution < -0.4 is 0 Å². The highest BCUT2D eigenvalue weighted by Gasteiger charge is 2.23. The molecule has 1 amide bonds. The average Bonchev–Trinajstić information content (AvgIpc) is 2.93. The molecule has 0 aliphatic rings. The predicted octanol–water partition coefficient (Wildman–Crippen LogP) is 2.24. The van der Waals surface area contributed by atoms with Crippen molar-refractivity contribution in [2.45, 2.75) is 26.4 Å². The van der Waals surface area contributed by atoms with Gasteiger partial charge in [-0.05, 0) is 45.0 Å². The van der Waals surface area contributed by atoms with E-state index in [-0.39, 0.29) is 24.0 Å². The molecule has 2 aromatic rings. The summed E-state index contributed by atoms with van der Waals surface area (Å²) in [5, 5.41) is 14.1. The van der Waals surface area contributed by atoms with Crippen molar-refractivity contribution < 1.29 is 14.3 Å². The van der Waals surface area contributed by atoms with Crippen molar-refractivity contribution >= 4 is 5.91 Å². The molecule has 1 aromatic carbocycles. The van der Waals surface area contributed by atoms with Crippen molar-refractivity contribution in [1.82, 2.24) is 14.7 Å². The molecule has 0 radical (unpaired) electrons. The number of aromatic nitrogens is 2. The second-order valence-electron chi connectivity index (χ2n) is 5.76. The van der Waals surface area contributed by atoms with Crippen LogP contribution in [0.3, 0.4) is 0 Å². The van der Waals surface area contributed by atoms with E-state index < -0.39 is 5.60 Å². The minimum absolute atomic E-state index is 0.217. The number of likely N-dealkylation sites (N-methyl/N-ethyl adjacent to an activating group) is 1. The number of carbonyl (C=O) groups is 1. The van der Waals surface area contributed by atoms with Gasteiger partial charge in [0.2, 0.25) is 0 Å². The van der Waals surface area contributed by atoms with Crippen LogP contribution in [0.5, 0.6) is 0 Å². The molecule has 0 unspecified atom stereocenters. The molecule has 0 aliphatic heterocycles. The Morgan fingerprint density at radius 2 is 2.14 bits per heavy atom. The molecule has 1 aromatic heterocycles. The summed E-state index contributed by atoms with van der Waals surface area (Å²) in [7, 11) is 0. The molecule has 22 heavy (non-hydrogen) atoms. The van der Waals surface area contributed by atoms with E-state index in [1.807, 2.05) is 6.92 Å². The van der Waals surface area contributed by atoms with Crippen LogP contribution in [0.2, 0.25) is 0 Å². The van der Waals surface area contributed by atoms with Gasteiger partial charge < -0.3 is 10.0 Å². The third-order valence-corrected chi connectivity index (χ3v) is 3.13. The Morgan fingerprint density at radius 3 is 2.73 bits per heavy atom. The molecular formula is C16H20FN3O2. The van der Waals surface area contributed by atoms with E-state index in [9.17, 15) is 14.3 Å². The SMILES string of the molecule is CCN(CC(C)(C)O)C(=O)c1ccn(-c2cccc(F)c2)n1. The summed E-state index contributed by atoms with van der Waals surface area (Å²) in [6.45, 7) is 5.82. The topological polar surface area (TPSA) is 58.4 Å². The van der Waals surface area contributed by atoms with Gasteiger partial charge in [-0.2, -0.15) is 5.10 Å². The molecule has 2 rings (SSSR count). The Balaban J connectivity index is 2.21. The summed E-state index contributed by atoms with van der Waals surface area (Å²) in [6, 6.07) is 7.57. The van der Waals surface area contributed by atoms with Crippen LogP contribution in [0.1, 0.15) is 31.3 Å². The summed E-state index contributed by atoms with van der Waals surface area (Å²) >= 11 is 0. The smallest absolute Gasteiger partial charge is 0.274 e. The second-order valence-corrected chi connectivity index (χ2v) is 5.76. The Kier molecular flexibility index (Phi) is 4.61. The van der Waals surface area contributed by atoms with Gasteiger partial charge in [-0.1, -0.05) is 6.07 Å². The van der Waals surface area contributed by atoms with Crippen LogP contribution in [-0.2, 0) is 0 Å². The first-order valence-corrected chi connectivity index (χ1v) is 7.13.